The second kappa shape index (κ2) is 9.86. The normalized spacial score (nSPS) is 11.6. The highest BCUT2D eigenvalue weighted by Gasteiger charge is 2.18. The van der Waals surface area contributed by atoms with E-state index >= 15 is 0 Å². The molecule has 0 saturated heterocycles. The quantitative estimate of drug-likeness (QED) is 0.202. The second-order valence-corrected chi connectivity index (χ2v) is 11.4. The third-order valence-corrected chi connectivity index (χ3v) is 8.83. The summed E-state index contributed by atoms with van der Waals surface area (Å²) in [5.41, 5.74) is 8.03. The van der Waals surface area contributed by atoms with Crippen LogP contribution in [0.2, 0.25) is 0 Å². The number of benzene rings is 8. The molecule has 0 atom stereocenters. The highest BCUT2D eigenvalue weighted by molar-refractivity contribution is 6.26. The predicted molar refractivity (Wildman–Crippen MR) is 186 cm³/mol. The smallest absolute Gasteiger partial charge is 0.0979 e. The van der Waals surface area contributed by atoms with Crippen LogP contribution in [-0.4, -0.2) is 9.97 Å². The molecule has 0 spiro atoms. The van der Waals surface area contributed by atoms with Crippen LogP contribution in [0, 0.1) is 0 Å². The van der Waals surface area contributed by atoms with E-state index < -0.39 is 0 Å². The zero-order valence-electron chi connectivity index (χ0n) is 23.9. The Bertz CT molecular complexity index is 2550. The van der Waals surface area contributed by atoms with Gasteiger partial charge in [-0.1, -0.05) is 140 Å². The van der Waals surface area contributed by atoms with E-state index in [1.807, 2.05) is 18.2 Å². The van der Waals surface area contributed by atoms with E-state index in [-0.39, 0.29) is 0 Å². The fourth-order valence-corrected chi connectivity index (χ4v) is 6.75. The zero-order valence-corrected chi connectivity index (χ0v) is 23.9. The third-order valence-electron chi connectivity index (χ3n) is 8.83. The number of aromatic nitrogens is 2. The van der Waals surface area contributed by atoms with Crippen molar-refractivity contribution >= 4 is 54.1 Å². The van der Waals surface area contributed by atoms with Crippen molar-refractivity contribution in [3.05, 3.63) is 158 Å². The molecule has 0 radical (unpaired) electrons. The van der Waals surface area contributed by atoms with Crippen LogP contribution < -0.4 is 0 Å². The molecule has 2 heteroatoms. The van der Waals surface area contributed by atoms with E-state index in [4.69, 9.17) is 9.97 Å². The summed E-state index contributed by atoms with van der Waals surface area (Å²) in [4.78, 5) is 10.5. The van der Waals surface area contributed by atoms with Gasteiger partial charge in [0.05, 0.1) is 22.4 Å². The van der Waals surface area contributed by atoms with Gasteiger partial charge in [-0.15, -0.1) is 0 Å². The summed E-state index contributed by atoms with van der Waals surface area (Å²) < 4.78 is 0. The number of hydrogen-bond acceptors (Lipinski definition) is 2. The van der Waals surface area contributed by atoms with Crippen LogP contribution in [0.25, 0.3) is 87.8 Å². The molecular formula is C42H26N2. The van der Waals surface area contributed by atoms with Gasteiger partial charge >= 0.3 is 0 Å². The summed E-state index contributed by atoms with van der Waals surface area (Å²) >= 11 is 0. The maximum Gasteiger partial charge on any atom is 0.0979 e. The number of para-hydroxylation sites is 2. The molecule has 0 N–H and O–H groups in total. The first-order valence-corrected chi connectivity index (χ1v) is 15.0. The first kappa shape index (κ1) is 24.7. The molecule has 0 aliphatic rings. The van der Waals surface area contributed by atoms with Crippen molar-refractivity contribution in [2.45, 2.75) is 0 Å². The monoisotopic (exact) mass is 558 g/mol. The van der Waals surface area contributed by atoms with E-state index in [0.717, 1.165) is 39.1 Å². The van der Waals surface area contributed by atoms with Gasteiger partial charge in [0.25, 0.3) is 0 Å². The van der Waals surface area contributed by atoms with Gasteiger partial charge < -0.3 is 0 Å². The van der Waals surface area contributed by atoms with Crippen LogP contribution in [0.4, 0.5) is 0 Å². The Balaban J connectivity index is 1.34. The first-order chi connectivity index (χ1) is 21.8. The third kappa shape index (κ3) is 3.89. The van der Waals surface area contributed by atoms with Gasteiger partial charge in [-0.3, -0.25) is 0 Å². The molecule has 1 aromatic heterocycles. The summed E-state index contributed by atoms with van der Waals surface area (Å²) in [6.45, 7) is 0. The standard InChI is InChI=1S/C42H26N2/c1-2-10-27(11-3-1)30-13-8-14-31(26-30)41-42(44-39-19-7-6-18-38(39)43-41)37-17-9-16-35-34(37)24-22-29-21-23-33-32-15-5-4-12-28(32)20-25-36(33)40(29)35/h1-26H. The van der Waals surface area contributed by atoms with Crippen molar-refractivity contribution in [2.24, 2.45) is 0 Å². The minimum atomic E-state index is 0.887. The Labute approximate surface area is 254 Å². The largest absolute Gasteiger partial charge is 0.244 e. The van der Waals surface area contributed by atoms with Gasteiger partial charge in [0.1, 0.15) is 0 Å². The van der Waals surface area contributed by atoms with Crippen LogP contribution >= 0.6 is 0 Å². The van der Waals surface area contributed by atoms with E-state index in [2.05, 4.69) is 140 Å². The molecule has 9 aromatic rings. The highest BCUT2D eigenvalue weighted by Crippen LogP contribution is 2.41. The second-order valence-electron chi connectivity index (χ2n) is 11.4. The Hall–Kier alpha value is -5.86. The average molecular weight is 559 g/mol. The Morgan fingerprint density at radius 1 is 0.318 bits per heavy atom. The maximum absolute atomic E-state index is 5.30. The van der Waals surface area contributed by atoms with Crippen molar-refractivity contribution < 1.29 is 0 Å². The van der Waals surface area contributed by atoms with Gasteiger partial charge in [0.15, 0.2) is 0 Å². The lowest BCUT2D eigenvalue weighted by atomic mass is 9.91. The summed E-state index contributed by atoms with van der Waals surface area (Å²) in [6.07, 6.45) is 0. The minimum absolute atomic E-state index is 0.887. The molecule has 0 fully saturated rings. The first-order valence-electron chi connectivity index (χ1n) is 15.0. The number of fused-ring (bicyclic) bond motifs is 8. The molecule has 44 heavy (non-hydrogen) atoms. The lowest BCUT2D eigenvalue weighted by Gasteiger charge is -2.15. The summed E-state index contributed by atoms with van der Waals surface area (Å²) in [7, 11) is 0. The van der Waals surface area contributed by atoms with E-state index in [0.29, 0.717) is 0 Å². The van der Waals surface area contributed by atoms with Crippen molar-refractivity contribution in [2.75, 3.05) is 0 Å². The summed E-state index contributed by atoms with van der Waals surface area (Å²) in [5.74, 6) is 0. The SMILES string of the molecule is c1ccc(-c2cccc(-c3nc4ccccc4nc3-c3cccc4c3ccc3ccc5c6ccccc6ccc5c34)c2)cc1. The maximum atomic E-state index is 5.30. The summed E-state index contributed by atoms with van der Waals surface area (Å²) in [6, 6.07) is 56.1. The molecule has 0 bridgehead atoms. The fourth-order valence-electron chi connectivity index (χ4n) is 6.75. The number of hydrogen-bond donors (Lipinski definition) is 0. The molecule has 204 valence electrons. The lowest BCUT2D eigenvalue weighted by Crippen LogP contribution is -1.96. The average Bonchev–Trinajstić information content (AvgIpc) is 3.10. The van der Waals surface area contributed by atoms with Gasteiger partial charge in [0, 0.05) is 11.1 Å². The lowest BCUT2D eigenvalue weighted by molar-refractivity contribution is 1.30. The molecular weight excluding hydrogens is 532 g/mol. The van der Waals surface area contributed by atoms with Crippen LogP contribution in [0.3, 0.4) is 0 Å². The molecule has 0 aliphatic carbocycles. The predicted octanol–water partition coefficient (Wildman–Crippen LogP) is 11.2. The summed E-state index contributed by atoms with van der Waals surface area (Å²) in [5, 5.41) is 9.98. The molecule has 0 amide bonds. The van der Waals surface area contributed by atoms with Crippen molar-refractivity contribution in [3.8, 4) is 33.6 Å². The Kier molecular flexibility index (Phi) is 5.54. The molecule has 1 heterocycles. The minimum Gasteiger partial charge on any atom is -0.244 e. The van der Waals surface area contributed by atoms with Crippen LogP contribution in [-0.2, 0) is 0 Å². The molecule has 8 aromatic carbocycles. The van der Waals surface area contributed by atoms with Crippen LogP contribution in [0.1, 0.15) is 0 Å². The van der Waals surface area contributed by atoms with Gasteiger partial charge in [-0.05, 0) is 72.4 Å². The number of nitrogens with zero attached hydrogens (tertiary/aromatic N) is 2. The molecule has 0 saturated carbocycles. The number of rotatable bonds is 3. The molecule has 2 nitrogen and oxygen atoms in total. The molecule has 9 rings (SSSR count). The van der Waals surface area contributed by atoms with Crippen molar-refractivity contribution in [3.63, 3.8) is 0 Å². The van der Waals surface area contributed by atoms with Gasteiger partial charge in [-0.25, -0.2) is 9.97 Å². The fraction of sp³-hybridized carbons (Fsp3) is 0. The topological polar surface area (TPSA) is 25.8 Å². The molecule has 0 unspecified atom stereocenters. The Morgan fingerprint density at radius 3 is 1.77 bits per heavy atom. The van der Waals surface area contributed by atoms with Crippen molar-refractivity contribution in [1.29, 1.82) is 0 Å². The van der Waals surface area contributed by atoms with Crippen LogP contribution in [0.5, 0.6) is 0 Å². The highest BCUT2D eigenvalue weighted by atomic mass is 14.8. The van der Waals surface area contributed by atoms with Gasteiger partial charge in [-0.2, -0.15) is 0 Å². The molecule has 0 aliphatic heterocycles. The van der Waals surface area contributed by atoms with Gasteiger partial charge in [0.2, 0.25) is 0 Å². The van der Waals surface area contributed by atoms with E-state index in [9.17, 15) is 0 Å². The van der Waals surface area contributed by atoms with Crippen LogP contribution in [0.15, 0.2) is 158 Å². The zero-order chi connectivity index (χ0) is 29.0. The van der Waals surface area contributed by atoms with E-state index in [1.165, 1.54) is 48.7 Å². The van der Waals surface area contributed by atoms with Crippen molar-refractivity contribution in [1.82, 2.24) is 9.97 Å². The Morgan fingerprint density at radius 2 is 0.909 bits per heavy atom. The van der Waals surface area contributed by atoms with E-state index in [1.54, 1.807) is 0 Å².